The van der Waals surface area contributed by atoms with Crippen molar-refractivity contribution in [3.8, 4) is 0 Å². The maximum Gasteiger partial charge on any atom is 0.111 e. The van der Waals surface area contributed by atoms with E-state index in [1.807, 2.05) is 0 Å². The molecule has 0 bridgehead atoms. The van der Waals surface area contributed by atoms with E-state index in [0.717, 1.165) is 30.2 Å². The van der Waals surface area contributed by atoms with Gasteiger partial charge in [-0.2, -0.15) is 0 Å². The van der Waals surface area contributed by atoms with Gasteiger partial charge in [0.15, 0.2) is 0 Å². The van der Waals surface area contributed by atoms with Crippen molar-refractivity contribution in [1.82, 2.24) is 9.55 Å². The molecule has 1 aromatic heterocycles. The minimum absolute atomic E-state index is 0.631. The van der Waals surface area contributed by atoms with Crippen molar-refractivity contribution in [3.05, 3.63) is 29.6 Å². The molecular formula is C16H23ClN2. The van der Waals surface area contributed by atoms with Gasteiger partial charge in [-0.15, -0.1) is 11.6 Å². The molecule has 0 N–H and O–H groups in total. The van der Waals surface area contributed by atoms with Crippen LogP contribution in [0.25, 0.3) is 11.0 Å². The average molecular weight is 279 g/mol. The molecule has 1 aromatic carbocycles. The summed E-state index contributed by atoms with van der Waals surface area (Å²) in [7, 11) is 0. The van der Waals surface area contributed by atoms with Crippen LogP contribution < -0.4 is 0 Å². The van der Waals surface area contributed by atoms with Gasteiger partial charge in [-0.1, -0.05) is 26.0 Å². The second-order valence-electron chi connectivity index (χ2n) is 5.60. The molecule has 1 heterocycles. The lowest BCUT2D eigenvalue weighted by Crippen LogP contribution is -2.06. The van der Waals surface area contributed by atoms with Crippen LogP contribution in [0.5, 0.6) is 0 Å². The van der Waals surface area contributed by atoms with Gasteiger partial charge < -0.3 is 4.57 Å². The number of alkyl halides is 1. The molecule has 3 heteroatoms. The number of rotatable bonds is 6. The van der Waals surface area contributed by atoms with Crippen LogP contribution in [0.4, 0.5) is 0 Å². The number of nitrogens with zero attached hydrogens (tertiary/aromatic N) is 2. The number of hydrogen-bond donors (Lipinski definition) is 0. The van der Waals surface area contributed by atoms with Crippen LogP contribution in [0.1, 0.15) is 38.1 Å². The monoisotopic (exact) mass is 278 g/mol. The van der Waals surface area contributed by atoms with E-state index in [4.69, 9.17) is 16.6 Å². The van der Waals surface area contributed by atoms with Gasteiger partial charge >= 0.3 is 0 Å². The third-order valence-corrected chi connectivity index (χ3v) is 3.72. The van der Waals surface area contributed by atoms with Crippen LogP contribution in [-0.2, 0) is 13.0 Å². The minimum atomic E-state index is 0.631. The molecule has 2 aromatic rings. The molecule has 0 amide bonds. The zero-order valence-electron chi connectivity index (χ0n) is 12.1. The first kappa shape index (κ1) is 14.4. The molecule has 0 aliphatic rings. The largest absolute Gasteiger partial charge is 0.328 e. The Morgan fingerprint density at radius 2 is 2.11 bits per heavy atom. The molecule has 19 heavy (non-hydrogen) atoms. The normalized spacial score (nSPS) is 11.6. The minimum Gasteiger partial charge on any atom is -0.328 e. The molecule has 0 spiro atoms. The smallest absolute Gasteiger partial charge is 0.111 e. The van der Waals surface area contributed by atoms with E-state index in [1.54, 1.807) is 0 Å². The van der Waals surface area contributed by atoms with E-state index in [1.165, 1.54) is 23.9 Å². The molecule has 0 atom stereocenters. The van der Waals surface area contributed by atoms with Crippen molar-refractivity contribution >= 4 is 22.6 Å². The van der Waals surface area contributed by atoms with E-state index in [-0.39, 0.29) is 0 Å². The van der Waals surface area contributed by atoms with E-state index in [2.05, 4.69) is 43.5 Å². The van der Waals surface area contributed by atoms with Crippen molar-refractivity contribution in [2.75, 3.05) is 5.88 Å². The summed E-state index contributed by atoms with van der Waals surface area (Å²) >= 11 is 5.91. The SMILES string of the molecule is Cc1cccc2nc(CCCl)n(CCCC(C)C)c12. The third-order valence-electron chi connectivity index (χ3n) is 3.53. The molecule has 0 unspecified atom stereocenters. The molecule has 104 valence electrons. The van der Waals surface area contributed by atoms with E-state index in [0.29, 0.717) is 5.88 Å². The fourth-order valence-electron chi connectivity index (χ4n) is 2.59. The summed E-state index contributed by atoms with van der Waals surface area (Å²) in [5.74, 6) is 2.52. The Morgan fingerprint density at radius 1 is 1.32 bits per heavy atom. The highest BCUT2D eigenvalue weighted by Gasteiger charge is 2.11. The first-order valence-corrected chi connectivity index (χ1v) is 7.67. The van der Waals surface area contributed by atoms with Gasteiger partial charge in [-0.25, -0.2) is 4.98 Å². The zero-order valence-corrected chi connectivity index (χ0v) is 12.9. The summed E-state index contributed by atoms with van der Waals surface area (Å²) in [4.78, 5) is 4.74. The highest BCUT2D eigenvalue weighted by molar-refractivity contribution is 6.17. The van der Waals surface area contributed by atoms with Crippen LogP contribution in [0.2, 0.25) is 0 Å². The molecule has 0 aliphatic heterocycles. The molecule has 2 rings (SSSR count). The number of halogens is 1. The summed E-state index contributed by atoms with van der Waals surface area (Å²) in [5, 5.41) is 0. The van der Waals surface area contributed by atoms with Crippen molar-refractivity contribution < 1.29 is 0 Å². The van der Waals surface area contributed by atoms with Gasteiger partial charge in [0.25, 0.3) is 0 Å². The van der Waals surface area contributed by atoms with Crippen molar-refractivity contribution in [3.63, 3.8) is 0 Å². The number of aromatic nitrogens is 2. The van der Waals surface area contributed by atoms with Crippen LogP contribution in [0, 0.1) is 12.8 Å². The van der Waals surface area contributed by atoms with Crippen molar-refractivity contribution in [2.45, 2.75) is 46.6 Å². The van der Waals surface area contributed by atoms with E-state index >= 15 is 0 Å². The highest BCUT2D eigenvalue weighted by atomic mass is 35.5. The van der Waals surface area contributed by atoms with Crippen molar-refractivity contribution in [1.29, 1.82) is 0 Å². The fourth-order valence-corrected chi connectivity index (χ4v) is 2.76. The maximum atomic E-state index is 5.91. The second-order valence-corrected chi connectivity index (χ2v) is 5.98. The van der Waals surface area contributed by atoms with Gasteiger partial charge in [0, 0.05) is 18.8 Å². The van der Waals surface area contributed by atoms with Crippen molar-refractivity contribution in [2.24, 2.45) is 5.92 Å². The van der Waals surface area contributed by atoms with Gasteiger partial charge in [0.1, 0.15) is 5.82 Å². The lowest BCUT2D eigenvalue weighted by atomic mass is 10.1. The van der Waals surface area contributed by atoms with Crippen LogP contribution in [0.15, 0.2) is 18.2 Å². The van der Waals surface area contributed by atoms with Crippen LogP contribution >= 0.6 is 11.6 Å². The first-order chi connectivity index (χ1) is 9.13. The number of benzene rings is 1. The Morgan fingerprint density at radius 3 is 2.79 bits per heavy atom. The van der Waals surface area contributed by atoms with E-state index in [9.17, 15) is 0 Å². The summed E-state index contributed by atoms with van der Waals surface area (Å²) in [6.45, 7) is 7.76. The molecule has 0 fully saturated rings. The Hall–Kier alpha value is -1.02. The zero-order chi connectivity index (χ0) is 13.8. The third kappa shape index (κ3) is 3.30. The summed E-state index contributed by atoms with van der Waals surface area (Å²) in [6.07, 6.45) is 3.30. The fraction of sp³-hybridized carbons (Fsp3) is 0.562. The summed E-state index contributed by atoms with van der Waals surface area (Å²) in [5.41, 5.74) is 3.69. The van der Waals surface area contributed by atoms with Gasteiger partial charge in [0.05, 0.1) is 11.0 Å². The summed E-state index contributed by atoms with van der Waals surface area (Å²) in [6, 6.07) is 6.33. The van der Waals surface area contributed by atoms with Gasteiger partial charge in [-0.05, 0) is 37.3 Å². The Balaban J connectivity index is 2.34. The number of fused-ring (bicyclic) bond motifs is 1. The standard InChI is InChI=1S/C16H23ClN2/c1-12(2)6-5-11-19-15(9-10-17)18-14-8-4-7-13(3)16(14)19/h4,7-8,12H,5-6,9-11H2,1-3H3. The lowest BCUT2D eigenvalue weighted by molar-refractivity contribution is 0.510. The molecule has 2 nitrogen and oxygen atoms in total. The quantitative estimate of drug-likeness (QED) is 0.708. The average Bonchev–Trinajstić information content (AvgIpc) is 2.69. The predicted molar refractivity (Wildman–Crippen MR) is 83.0 cm³/mol. The molecular weight excluding hydrogens is 256 g/mol. The Bertz CT molecular complexity index is 543. The number of para-hydroxylation sites is 1. The van der Waals surface area contributed by atoms with Gasteiger partial charge in [-0.3, -0.25) is 0 Å². The topological polar surface area (TPSA) is 17.8 Å². The highest BCUT2D eigenvalue weighted by Crippen LogP contribution is 2.22. The summed E-state index contributed by atoms with van der Waals surface area (Å²) < 4.78 is 2.37. The molecule has 0 saturated heterocycles. The maximum absolute atomic E-state index is 5.91. The molecule has 0 saturated carbocycles. The number of aryl methyl sites for hydroxylation is 3. The Kier molecular flexibility index (Phi) is 4.87. The molecule has 0 aliphatic carbocycles. The van der Waals surface area contributed by atoms with Gasteiger partial charge in [0.2, 0.25) is 0 Å². The van der Waals surface area contributed by atoms with Crippen LogP contribution in [0.3, 0.4) is 0 Å². The second kappa shape index (κ2) is 6.42. The van der Waals surface area contributed by atoms with Crippen LogP contribution in [-0.4, -0.2) is 15.4 Å². The number of imidazole rings is 1. The molecule has 0 radical (unpaired) electrons. The Labute approximate surface area is 120 Å². The lowest BCUT2D eigenvalue weighted by Gasteiger charge is -2.11. The first-order valence-electron chi connectivity index (χ1n) is 7.14. The number of hydrogen-bond acceptors (Lipinski definition) is 1. The predicted octanol–water partition coefficient (Wildman–Crippen LogP) is 4.56. The van der Waals surface area contributed by atoms with E-state index < -0.39 is 0 Å².